The molecule has 524 valence electrons. The largest absolute Gasteiger partial charge is 0.493 e. The Labute approximate surface area is 569 Å². The van der Waals surface area contributed by atoms with Crippen LogP contribution in [0.1, 0.15) is 153 Å². The summed E-state index contributed by atoms with van der Waals surface area (Å²) in [7, 11) is 6.29. The number of Topliss-reactive ketones (excluding diaryl/α,β-unsaturated/α-hetero) is 1. The molecule has 4 aromatic rings. The van der Waals surface area contributed by atoms with Crippen LogP contribution in [0.15, 0.2) is 110 Å². The number of hydrogen-bond donors (Lipinski definition) is 3. The molecule has 2 fully saturated rings. The van der Waals surface area contributed by atoms with E-state index in [9.17, 15) is 47.9 Å². The number of likely N-dealkylation sites (N-methyl/N-ethyl adjacent to an activating group) is 2. The molecule has 4 aromatic carbocycles. The maximum atomic E-state index is 15.1. The molecule has 0 aliphatic carbocycles. The first-order chi connectivity index (χ1) is 46.0. The Balaban J connectivity index is 1.21. The predicted molar refractivity (Wildman–Crippen MR) is 363 cm³/mol. The number of amides is 7. The Morgan fingerprint density at radius 2 is 1.35 bits per heavy atom. The number of aryl methyl sites for hydroxylation is 1. The van der Waals surface area contributed by atoms with Gasteiger partial charge in [-0.1, -0.05) is 93.2 Å². The number of nitrogens with zero attached hydrogens (tertiary/aromatic N) is 4. The summed E-state index contributed by atoms with van der Waals surface area (Å²) < 4.78 is 27.9. The van der Waals surface area contributed by atoms with Gasteiger partial charge in [0.2, 0.25) is 41.2 Å². The Morgan fingerprint density at radius 3 is 2.00 bits per heavy atom. The third-order valence-electron chi connectivity index (χ3n) is 17.1. The number of hydrogen-bond acceptors (Lipinski definition) is 16. The molecule has 97 heavy (non-hydrogen) atoms. The second kappa shape index (κ2) is 35.5. The van der Waals surface area contributed by atoms with Crippen molar-refractivity contribution >= 4 is 70.7 Å². The summed E-state index contributed by atoms with van der Waals surface area (Å²) in [5.74, 6) is -5.84. The number of esters is 3. The van der Waals surface area contributed by atoms with Crippen LogP contribution in [0.3, 0.4) is 0 Å². The van der Waals surface area contributed by atoms with Gasteiger partial charge in [-0.2, -0.15) is 0 Å². The standard InChI is InChI=1S/C74H97N7O16/c1-14-63(84)95-46-74(8,9)66(86)71(91)81-39-20-19-27-56(81)72(92)96-58(35-33-49-34-36-59(93-12)60(43-49)94-13)52-25-21-26-53(45-52)75-61(82)37-38-62(83)77-65(51-23-17-16-18-24-51)67(87)76-54(42-48-29-31-50(32-30-48)44-64(85)97-73(5,6)7)68(88)80-40-22-28-55(80)70(90)79(11)57(41-47(3)4)69(89)78(10)15-2/h14,16-18,21,23-26,29-32,34,36,43,45,47,54-58,65H,1,15,19-20,22,27-28,33,35,37-42,44,46H2,2-13H3,(H,75,82)(H,76,87)(H,77,83)/t54-,55+,56-,57-,58+,65?/m0/s1. The minimum absolute atomic E-state index is 0.00818. The maximum Gasteiger partial charge on any atom is 0.330 e. The average Bonchev–Trinajstić information content (AvgIpc) is 1.79. The normalized spacial score (nSPS) is 15.9. The van der Waals surface area contributed by atoms with E-state index in [4.69, 9.17) is 23.7 Å². The Morgan fingerprint density at radius 1 is 0.711 bits per heavy atom. The van der Waals surface area contributed by atoms with Gasteiger partial charge in [0.05, 0.1) is 26.1 Å². The Kier molecular flexibility index (Phi) is 28.1. The van der Waals surface area contributed by atoms with Crippen LogP contribution >= 0.6 is 0 Å². The lowest BCUT2D eigenvalue weighted by Crippen LogP contribution is -2.58. The molecule has 1 unspecified atom stereocenters. The third-order valence-corrected chi connectivity index (χ3v) is 17.1. The zero-order valence-corrected chi connectivity index (χ0v) is 58.2. The highest BCUT2D eigenvalue weighted by molar-refractivity contribution is 6.38. The zero-order chi connectivity index (χ0) is 71.3. The van der Waals surface area contributed by atoms with Gasteiger partial charge in [-0.25, -0.2) is 9.59 Å². The first-order valence-electron chi connectivity index (χ1n) is 33.2. The van der Waals surface area contributed by atoms with Gasteiger partial charge in [-0.3, -0.25) is 43.2 Å². The Bertz CT molecular complexity index is 3460. The van der Waals surface area contributed by atoms with E-state index in [1.54, 1.807) is 131 Å². The van der Waals surface area contributed by atoms with E-state index in [0.29, 0.717) is 84.5 Å². The van der Waals surface area contributed by atoms with Crippen LogP contribution in [-0.4, -0.2) is 169 Å². The van der Waals surface area contributed by atoms with Gasteiger partial charge in [-0.05, 0) is 151 Å². The van der Waals surface area contributed by atoms with Crippen LogP contribution in [-0.2, 0) is 86.2 Å². The molecular formula is C74H97N7O16. The van der Waals surface area contributed by atoms with Crippen LogP contribution in [0.2, 0.25) is 0 Å². The zero-order valence-electron chi connectivity index (χ0n) is 58.2. The summed E-state index contributed by atoms with van der Waals surface area (Å²) in [4.78, 5) is 159. The third kappa shape index (κ3) is 22.1. The number of methoxy groups -OCH3 is 2. The van der Waals surface area contributed by atoms with E-state index < -0.39 is 113 Å². The molecule has 23 nitrogen and oxygen atoms in total. The quantitative estimate of drug-likeness (QED) is 0.0180. The van der Waals surface area contributed by atoms with E-state index >= 15 is 4.79 Å². The summed E-state index contributed by atoms with van der Waals surface area (Å²) in [5, 5.41) is 8.54. The number of rotatable bonds is 32. The molecule has 6 atom stereocenters. The van der Waals surface area contributed by atoms with Crippen molar-refractivity contribution in [2.75, 3.05) is 59.9 Å². The first kappa shape index (κ1) is 76.6. The summed E-state index contributed by atoms with van der Waals surface area (Å²) in [5.41, 5.74) is 1.10. The van der Waals surface area contributed by atoms with E-state index in [2.05, 4.69) is 22.5 Å². The minimum Gasteiger partial charge on any atom is -0.493 e. The van der Waals surface area contributed by atoms with Crippen molar-refractivity contribution < 1.29 is 76.4 Å². The van der Waals surface area contributed by atoms with E-state index in [1.807, 2.05) is 26.8 Å². The van der Waals surface area contributed by atoms with Gasteiger partial charge in [-0.15, -0.1) is 0 Å². The average molecular weight is 1340 g/mol. The smallest absolute Gasteiger partial charge is 0.330 e. The van der Waals surface area contributed by atoms with Crippen molar-refractivity contribution in [3.8, 4) is 11.5 Å². The highest BCUT2D eigenvalue weighted by Gasteiger charge is 2.44. The summed E-state index contributed by atoms with van der Waals surface area (Å²) in [6, 6.07) is 21.8. The molecule has 3 N–H and O–H groups in total. The fourth-order valence-corrected chi connectivity index (χ4v) is 11.7. The van der Waals surface area contributed by atoms with Crippen molar-refractivity contribution in [1.29, 1.82) is 0 Å². The van der Waals surface area contributed by atoms with Crippen molar-refractivity contribution in [2.24, 2.45) is 11.3 Å². The summed E-state index contributed by atoms with van der Waals surface area (Å²) in [6.45, 7) is 17.8. The van der Waals surface area contributed by atoms with Gasteiger partial charge in [0.15, 0.2) is 11.5 Å². The lowest BCUT2D eigenvalue weighted by Gasteiger charge is -2.36. The highest BCUT2D eigenvalue weighted by Crippen LogP contribution is 2.33. The molecule has 0 spiro atoms. The summed E-state index contributed by atoms with van der Waals surface area (Å²) in [6.07, 6.45) is 2.25. The molecule has 2 aliphatic rings. The number of ether oxygens (including phenoxy) is 5. The maximum absolute atomic E-state index is 15.1. The number of anilines is 1. The van der Waals surface area contributed by atoms with Crippen LogP contribution in [0, 0.1) is 11.3 Å². The lowest BCUT2D eigenvalue weighted by atomic mass is 9.87. The molecule has 0 saturated carbocycles. The van der Waals surface area contributed by atoms with Crippen LogP contribution < -0.4 is 25.4 Å². The van der Waals surface area contributed by atoms with Gasteiger partial charge in [0.1, 0.15) is 48.5 Å². The number of ketones is 1. The molecule has 0 bridgehead atoms. The lowest BCUT2D eigenvalue weighted by molar-refractivity contribution is -0.165. The number of likely N-dealkylation sites (tertiary alicyclic amines) is 2. The molecule has 23 heteroatoms. The molecule has 2 heterocycles. The van der Waals surface area contributed by atoms with Crippen molar-refractivity contribution in [2.45, 2.75) is 174 Å². The predicted octanol–water partition coefficient (Wildman–Crippen LogP) is 8.16. The molecule has 7 amide bonds. The van der Waals surface area contributed by atoms with Crippen molar-refractivity contribution in [1.82, 2.24) is 30.2 Å². The fourth-order valence-electron chi connectivity index (χ4n) is 11.7. The number of benzene rings is 4. The topological polar surface area (TPSA) is 283 Å². The monoisotopic (exact) mass is 1340 g/mol. The molecule has 2 aliphatic heterocycles. The minimum atomic E-state index is -1.42. The number of carbonyl (C=O) groups is 11. The van der Waals surface area contributed by atoms with E-state index in [0.717, 1.165) is 11.6 Å². The SMILES string of the molecule is C=CC(=O)OCC(C)(C)C(=O)C(=O)N1CCCC[C@H]1C(=O)O[C@H](CCc1ccc(OC)c(OC)c1)c1cccc(NC(=O)CCC(=O)NC(C(=O)N[C@@H](Cc2ccc(CC(=O)OC(C)(C)C)cc2)C(=O)N2CCC[C@@H]2C(=O)N(C)[C@@H](CC(C)C)C(=O)N(C)CC)c2ccccc2)c1. The van der Waals surface area contributed by atoms with E-state index in [-0.39, 0.29) is 63.4 Å². The van der Waals surface area contributed by atoms with Gasteiger partial charge >= 0.3 is 17.9 Å². The fraction of sp³-hybridized carbons (Fsp3) is 0.500. The number of nitrogens with one attached hydrogen (secondary N) is 3. The summed E-state index contributed by atoms with van der Waals surface area (Å²) >= 11 is 0. The van der Waals surface area contributed by atoms with Gasteiger partial charge in [0, 0.05) is 64.8 Å². The van der Waals surface area contributed by atoms with Crippen LogP contribution in [0.4, 0.5) is 5.69 Å². The number of piperidine rings is 1. The van der Waals surface area contributed by atoms with Crippen molar-refractivity contribution in [3.05, 3.63) is 138 Å². The molecule has 0 radical (unpaired) electrons. The second-order valence-corrected chi connectivity index (χ2v) is 26.8. The van der Waals surface area contributed by atoms with Crippen LogP contribution in [0.5, 0.6) is 11.5 Å². The van der Waals surface area contributed by atoms with Crippen LogP contribution in [0.25, 0.3) is 0 Å². The van der Waals surface area contributed by atoms with Gasteiger partial charge < -0.3 is 59.2 Å². The molecular weight excluding hydrogens is 1240 g/mol. The molecule has 0 aromatic heterocycles. The number of carbonyl (C=O) groups excluding carboxylic acids is 11. The van der Waals surface area contributed by atoms with Crippen molar-refractivity contribution in [3.63, 3.8) is 0 Å². The molecule has 2 saturated heterocycles. The first-order valence-corrected chi connectivity index (χ1v) is 33.2. The molecule has 6 rings (SSSR count). The Hall–Kier alpha value is -9.41. The van der Waals surface area contributed by atoms with E-state index in [1.165, 1.54) is 42.8 Å². The van der Waals surface area contributed by atoms with Gasteiger partial charge in [0.25, 0.3) is 5.91 Å². The second-order valence-electron chi connectivity index (χ2n) is 26.8. The highest BCUT2D eigenvalue weighted by atomic mass is 16.6.